The van der Waals surface area contributed by atoms with Gasteiger partial charge in [-0.3, -0.25) is 9.69 Å². The lowest BCUT2D eigenvalue weighted by molar-refractivity contribution is -0.166. The van der Waals surface area contributed by atoms with Gasteiger partial charge in [0.15, 0.2) is 0 Å². The van der Waals surface area contributed by atoms with E-state index in [0.717, 1.165) is 4.90 Å². The number of ether oxygens (including phenoxy) is 1. The molecule has 0 unspecified atom stereocenters. The van der Waals surface area contributed by atoms with Gasteiger partial charge in [0, 0.05) is 19.8 Å². The van der Waals surface area contributed by atoms with Crippen molar-refractivity contribution >= 4 is 5.97 Å². The number of carboxylic acids is 1. The molecule has 0 spiro atoms. The van der Waals surface area contributed by atoms with E-state index < -0.39 is 24.1 Å². The average molecular weight is 269 g/mol. The topological polar surface area (TPSA) is 49.8 Å². The monoisotopic (exact) mass is 269 g/mol. The second-order valence-corrected chi connectivity index (χ2v) is 4.62. The number of halogens is 3. The molecular weight excluding hydrogens is 251 g/mol. The third kappa shape index (κ3) is 4.13. The average Bonchev–Trinajstić information content (AvgIpc) is 2.27. The highest BCUT2D eigenvalue weighted by Gasteiger charge is 2.43. The van der Waals surface area contributed by atoms with E-state index in [1.54, 1.807) is 6.92 Å². The van der Waals surface area contributed by atoms with Crippen molar-refractivity contribution in [2.45, 2.75) is 25.9 Å². The zero-order chi connectivity index (χ0) is 13.8. The normalized spacial score (nSPS) is 20.1. The van der Waals surface area contributed by atoms with Crippen molar-refractivity contribution in [2.75, 3.05) is 32.8 Å². The first-order valence-corrected chi connectivity index (χ1v) is 5.89. The molecule has 0 aliphatic carbocycles. The van der Waals surface area contributed by atoms with Gasteiger partial charge < -0.3 is 9.84 Å². The first-order chi connectivity index (χ1) is 8.29. The SMILES string of the molecule is CCN(CC(F)(F)F)CC1(C(=O)O)CCOCC1. The molecule has 0 bridgehead atoms. The zero-order valence-electron chi connectivity index (χ0n) is 10.3. The van der Waals surface area contributed by atoms with Crippen LogP contribution in [0.3, 0.4) is 0 Å². The lowest BCUT2D eigenvalue weighted by Gasteiger charge is -2.37. The molecule has 1 aliphatic rings. The molecule has 106 valence electrons. The number of hydrogen-bond donors (Lipinski definition) is 1. The molecule has 0 aromatic heterocycles. The van der Waals surface area contributed by atoms with Crippen LogP contribution in [0, 0.1) is 5.41 Å². The van der Waals surface area contributed by atoms with E-state index in [0.29, 0.717) is 0 Å². The molecule has 1 fully saturated rings. The minimum Gasteiger partial charge on any atom is -0.481 e. The summed E-state index contributed by atoms with van der Waals surface area (Å²) in [5.41, 5.74) is -1.11. The van der Waals surface area contributed by atoms with Gasteiger partial charge in [-0.2, -0.15) is 13.2 Å². The van der Waals surface area contributed by atoms with Crippen LogP contribution in [0.1, 0.15) is 19.8 Å². The van der Waals surface area contributed by atoms with Crippen LogP contribution in [0.15, 0.2) is 0 Å². The fourth-order valence-corrected chi connectivity index (χ4v) is 2.16. The van der Waals surface area contributed by atoms with E-state index in [9.17, 15) is 23.1 Å². The molecule has 1 N–H and O–H groups in total. The largest absolute Gasteiger partial charge is 0.481 e. The van der Waals surface area contributed by atoms with Crippen LogP contribution in [-0.4, -0.2) is 55.0 Å². The van der Waals surface area contributed by atoms with Crippen molar-refractivity contribution < 1.29 is 27.8 Å². The Morgan fingerprint density at radius 3 is 2.33 bits per heavy atom. The predicted octanol–water partition coefficient (Wildman–Crippen LogP) is 1.75. The Morgan fingerprint density at radius 2 is 1.94 bits per heavy atom. The Balaban J connectivity index is 2.72. The molecule has 1 saturated heterocycles. The van der Waals surface area contributed by atoms with Gasteiger partial charge in [-0.25, -0.2) is 0 Å². The predicted molar refractivity (Wildman–Crippen MR) is 58.3 cm³/mol. The molecule has 0 aromatic rings. The van der Waals surface area contributed by atoms with E-state index >= 15 is 0 Å². The highest BCUT2D eigenvalue weighted by Crippen LogP contribution is 2.32. The second-order valence-electron chi connectivity index (χ2n) is 4.62. The Kier molecular flexibility index (Phi) is 4.98. The van der Waals surface area contributed by atoms with Gasteiger partial charge >= 0.3 is 12.1 Å². The van der Waals surface area contributed by atoms with E-state index in [4.69, 9.17) is 4.74 Å². The van der Waals surface area contributed by atoms with E-state index in [-0.39, 0.29) is 39.1 Å². The Bertz CT molecular complexity index is 288. The summed E-state index contributed by atoms with van der Waals surface area (Å²) in [6, 6.07) is 0. The molecule has 7 heteroatoms. The Hall–Kier alpha value is -0.820. The fraction of sp³-hybridized carbons (Fsp3) is 0.909. The number of carboxylic acid groups (broad SMARTS) is 1. The summed E-state index contributed by atoms with van der Waals surface area (Å²) < 4.78 is 42.2. The highest BCUT2D eigenvalue weighted by molar-refractivity contribution is 5.75. The molecule has 1 rings (SSSR count). The third-order valence-corrected chi connectivity index (χ3v) is 3.28. The third-order valence-electron chi connectivity index (χ3n) is 3.28. The number of aliphatic carboxylic acids is 1. The van der Waals surface area contributed by atoms with Gasteiger partial charge in [0.1, 0.15) is 0 Å². The first-order valence-electron chi connectivity index (χ1n) is 5.89. The van der Waals surface area contributed by atoms with Gasteiger partial charge in [-0.15, -0.1) is 0 Å². The van der Waals surface area contributed by atoms with Gasteiger partial charge in [-0.1, -0.05) is 6.92 Å². The molecule has 1 heterocycles. The Labute approximate surface area is 104 Å². The van der Waals surface area contributed by atoms with Crippen LogP contribution in [-0.2, 0) is 9.53 Å². The smallest absolute Gasteiger partial charge is 0.401 e. The van der Waals surface area contributed by atoms with Gasteiger partial charge in [-0.05, 0) is 19.4 Å². The minimum atomic E-state index is -4.30. The molecule has 1 aliphatic heterocycles. The maximum absolute atomic E-state index is 12.4. The lowest BCUT2D eigenvalue weighted by Crippen LogP contribution is -2.48. The number of alkyl halides is 3. The van der Waals surface area contributed by atoms with E-state index in [1.165, 1.54) is 0 Å². The van der Waals surface area contributed by atoms with E-state index in [1.807, 2.05) is 0 Å². The van der Waals surface area contributed by atoms with Crippen LogP contribution in [0.5, 0.6) is 0 Å². The maximum atomic E-state index is 12.4. The van der Waals surface area contributed by atoms with Gasteiger partial charge in [0.05, 0.1) is 12.0 Å². The van der Waals surface area contributed by atoms with Crippen LogP contribution >= 0.6 is 0 Å². The maximum Gasteiger partial charge on any atom is 0.401 e. The lowest BCUT2D eigenvalue weighted by atomic mass is 9.79. The summed E-state index contributed by atoms with van der Waals surface area (Å²) in [6.07, 6.45) is -3.78. The van der Waals surface area contributed by atoms with Gasteiger partial charge in [0.2, 0.25) is 0 Å². The number of hydrogen-bond acceptors (Lipinski definition) is 3. The van der Waals surface area contributed by atoms with Crippen molar-refractivity contribution in [1.29, 1.82) is 0 Å². The number of nitrogens with zero attached hydrogens (tertiary/aromatic N) is 1. The quantitative estimate of drug-likeness (QED) is 0.826. The van der Waals surface area contributed by atoms with Crippen LogP contribution < -0.4 is 0 Å². The number of rotatable bonds is 5. The molecule has 0 radical (unpaired) electrons. The van der Waals surface area contributed by atoms with Crippen molar-refractivity contribution in [2.24, 2.45) is 5.41 Å². The molecular formula is C11H18F3NO3. The summed E-state index contributed by atoms with van der Waals surface area (Å²) in [6.45, 7) is 1.20. The molecule has 4 nitrogen and oxygen atoms in total. The Morgan fingerprint density at radius 1 is 1.39 bits per heavy atom. The standard InChI is InChI=1S/C11H18F3NO3/c1-2-15(8-11(12,13)14)7-10(9(16)17)3-5-18-6-4-10/h2-8H2,1H3,(H,16,17). The van der Waals surface area contributed by atoms with Gasteiger partial charge in [0.25, 0.3) is 0 Å². The van der Waals surface area contributed by atoms with Crippen LogP contribution in [0.4, 0.5) is 13.2 Å². The molecule has 0 amide bonds. The summed E-state index contributed by atoms with van der Waals surface area (Å²) in [5.74, 6) is -1.04. The summed E-state index contributed by atoms with van der Waals surface area (Å²) >= 11 is 0. The highest BCUT2D eigenvalue weighted by atomic mass is 19.4. The second kappa shape index (κ2) is 5.88. The van der Waals surface area contributed by atoms with E-state index in [2.05, 4.69) is 0 Å². The van der Waals surface area contributed by atoms with Crippen LogP contribution in [0.25, 0.3) is 0 Å². The van der Waals surface area contributed by atoms with Crippen molar-refractivity contribution in [3.05, 3.63) is 0 Å². The first kappa shape index (κ1) is 15.2. The number of carbonyl (C=O) groups is 1. The fourth-order valence-electron chi connectivity index (χ4n) is 2.16. The zero-order valence-corrected chi connectivity index (χ0v) is 10.3. The van der Waals surface area contributed by atoms with Crippen molar-refractivity contribution in [3.63, 3.8) is 0 Å². The summed E-state index contributed by atoms with van der Waals surface area (Å²) in [5, 5.41) is 9.27. The van der Waals surface area contributed by atoms with Crippen molar-refractivity contribution in [3.8, 4) is 0 Å². The summed E-state index contributed by atoms with van der Waals surface area (Å²) in [7, 11) is 0. The molecule has 0 atom stereocenters. The summed E-state index contributed by atoms with van der Waals surface area (Å²) in [4.78, 5) is 12.5. The van der Waals surface area contributed by atoms with Crippen LogP contribution in [0.2, 0.25) is 0 Å². The molecule has 18 heavy (non-hydrogen) atoms. The van der Waals surface area contributed by atoms with Crippen molar-refractivity contribution in [1.82, 2.24) is 4.90 Å². The molecule has 0 saturated carbocycles. The molecule has 0 aromatic carbocycles. The minimum absolute atomic E-state index is 0.0816.